The van der Waals surface area contributed by atoms with Crippen LogP contribution in [0.3, 0.4) is 0 Å². The third-order valence-corrected chi connectivity index (χ3v) is 2.28. The minimum absolute atomic E-state index is 0.0258. The second-order valence-corrected chi connectivity index (χ2v) is 3.53. The molecule has 1 aromatic carbocycles. The van der Waals surface area contributed by atoms with Gasteiger partial charge in [-0.15, -0.1) is 0 Å². The van der Waals surface area contributed by atoms with E-state index in [2.05, 4.69) is 10.3 Å². The van der Waals surface area contributed by atoms with E-state index in [1.807, 2.05) is 0 Å². The number of carbonyl (C=O) groups is 1. The Morgan fingerprint density at radius 3 is 2.78 bits per heavy atom. The Labute approximate surface area is 103 Å². The standard InChI is InChI=1S/C13H11FN2O2/c1-18-10-5-2-4-9(8-10)15-13(17)11-6-3-7-12(14)16-11/h2-8H,1H3,(H,15,17). The first-order chi connectivity index (χ1) is 8.69. The highest BCUT2D eigenvalue weighted by Crippen LogP contribution is 2.17. The van der Waals surface area contributed by atoms with Crippen molar-refractivity contribution in [2.75, 3.05) is 12.4 Å². The van der Waals surface area contributed by atoms with Crippen molar-refractivity contribution in [1.82, 2.24) is 4.98 Å². The molecule has 2 aromatic rings. The molecule has 92 valence electrons. The maximum atomic E-state index is 12.9. The van der Waals surface area contributed by atoms with Crippen LogP contribution in [0.15, 0.2) is 42.5 Å². The molecular weight excluding hydrogens is 235 g/mol. The number of benzene rings is 1. The maximum absolute atomic E-state index is 12.9. The van der Waals surface area contributed by atoms with Crippen LogP contribution in [0.2, 0.25) is 0 Å². The van der Waals surface area contributed by atoms with Crippen LogP contribution in [-0.2, 0) is 0 Å². The molecule has 5 heteroatoms. The molecule has 1 N–H and O–H groups in total. The summed E-state index contributed by atoms with van der Waals surface area (Å²) in [5.74, 6) is -0.531. The van der Waals surface area contributed by atoms with Crippen molar-refractivity contribution in [2.45, 2.75) is 0 Å². The number of anilines is 1. The first kappa shape index (κ1) is 12.0. The molecule has 0 unspecified atom stereocenters. The summed E-state index contributed by atoms with van der Waals surface area (Å²) in [6.07, 6.45) is 0. The number of hydrogen-bond acceptors (Lipinski definition) is 3. The van der Waals surface area contributed by atoms with Gasteiger partial charge in [-0.3, -0.25) is 4.79 Å². The third kappa shape index (κ3) is 2.82. The van der Waals surface area contributed by atoms with E-state index in [0.29, 0.717) is 11.4 Å². The Kier molecular flexibility index (Phi) is 3.52. The van der Waals surface area contributed by atoms with Crippen LogP contribution >= 0.6 is 0 Å². The topological polar surface area (TPSA) is 51.2 Å². The van der Waals surface area contributed by atoms with Gasteiger partial charge in [-0.05, 0) is 24.3 Å². The largest absolute Gasteiger partial charge is 0.497 e. The number of hydrogen-bond donors (Lipinski definition) is 1. The summed E-state index contributed by atoms with van der Waals surface area (Å²) in [7, 11) is 1.54. The molecule has 0 aliphatic rings. The number of rotatable bonds is 3. The quantitative estimate of drug-likeness (QED) is 0.846. The minimum Gasteiger partial charge on any atom is -0.497 e. The van der Waals surface area contributed by atoms with Crippen LogP contribution in [0.4, 0.5) is 10.1 Å². The first-order valence-electron chi connectivity index (χ1n) is 5.27. The van der Waals surface area contributed by atoms with Crippen molar-refractivity contribution in [3.8, 4) is 5.75 Å². The Bertz CT molecular complexity index is 572. The van der Waals surface area contributed by atoms with Gasteiger partial charge in [-0.2, -0.15) is 4.39 Å². The second kappa shape index (κ2) is 5.27. The molecular formula is C13H11FN2O2. The number of methoxy groups -OCH3 is 1. The zero-order valence-corrected chi connectivity index (χ0v) is 9.68. The fourth-order valence-electron chi connectivity index (χ4n) is 1.43. The summed E-state index contributed by atoms with van der Waals surface area (Å²) >= 11 is 0. The zero-order valence-electron chi connectivity index (χ0n) is 9.68. The average Bonchev–Trinajstić information content (AvgIpc) is 2.39. The number of carbonyl (C=O) groups excluding carboxylic acids is 1. The number of ether oxygens (including phenoxy) is 1. The van der Waals surface area contributed by atoms with Gasteiger partial charge in [0.05, 0.1) is 7.11 Å². The van der Waals surface area contributed by atoms with Gasteiger partial charge in [0.15, 0.2) is 0 Å². The highest BCUT2D eigenvalue weighted by Gasteiger charge is 2.08. The van der Waals surface area contributed by atoms with Crippen LogP contribution in [0, 0.1) is 5.95 Å². The highest BCUT2D eigenvalue weighted by atomic mass is 19.1. The molecule has 0 saturated heterocycles. The molecule has 0 fully saturated rings. The Morgan fingerprint density at radius 2 is 2.06 bits per heavy atom. The SMILES string of the molecule is COc1cccc(NC(=O)c2cccc(F)n2)c1. The van der Waals surface area contributed by atoms with E-state index in [9.17, 15) is 9.18 Å². The number of pyridine rings is 1. The molecule has 1 amide bonds. The van der Waals surface area contributed by atoms with Gasteiger partial charge < -0.3 is 10.1 Å². The summed E-state index contributed by atoms with van der Waals surface area (Å²) in [5.41, 5.74) is 0.586. The smallest absolute Gasteiger partial charge is 0.274 e. The second-order valence-electron chi connectivity index (χ2n) is 3.53. The summed E-state index contributed by atoms with van der Waals surface area (Å²) < 4.78 is 17.9. The van der Waals surface area contributed by atoms with E-state index in [1.54, 1.807) is 24.3 Å². The van der Waals surface area contributed by atoms with E-state index in [-0.39, 0.29) is 5.69 Å². The van der Waals surface area contributed by atoms with Gasteiger partial charge in [0.25, 0.3) is 5.91 Å². The fourth-order valence-corrected chi connectivity index (χ4v) is 1.43. The van der Waals surface area contributed by atoms with Gasteiger partial charge in [0.1, 0.15) is 11.4 Å². The van der Waals surface area contributed by atoms with Crippen LogP contribution in [-0.4, -0.2) is 18.0 Å². The van der Waals surface area contributed by atoms with Crippen molar-refractivity contribution < 1.29 is 13.9 Å². The normalized spacial score (nSPS) is 9.89. The van der Waals surface area contributed by atoms with E-state index in [1.165, 1.54) is 25.3 Å². The minimum atomic E-state index is -0.687. The monoisotopic (exact) mass is 246 g/mol. The average molecular weight is 246 g/mol. The summed E-state index contributed by atoms with van der Waals surface area (Å²) in [5, 5.41) is 2.61. The van der Waals surface area contributed by atoms with Crippen molar-refractivity contribution in [2.24, 2.45) is 0 Å². The van der Waals surface area contributed by atoms with Crippen molar-refractivity contribution in [3.63, 3.8) is 0 Å². The molecule has 0 saturated carbocycles. The highest BCUT2D eigenvalue weighted by molar-refractivity contribution is 6.02. The number of aromatic nitrogens is 1. The third-order valence-electron chi connectivity index (χ3n) is 2.28. The number of halogens is 1. The van der Waals surface area contributed by atoms with Crippen LogP contribution in [0.1, 0.15) is 10.5 Å². The lowest BCUT2D eigenvalue weighted by Gasteiger charge is -2.06. The molecule has 0 bridgehead atoms. The number of amides is 1. The zero-order chi connectivity index (χ0) is 13.0. The molecule has 0 aliphatic carbocycles. The maximum Gasteiger partial charge on any atom is 0.274 e. The lowest BCUT2D eigenvalue weighted by Crippen LogP contribution is -2.14. The molecule has 4 nitrogen and oxygen atoms in total. The van der Waals surface area contributed by atoms with E-state index >= 15 is 0 Å². The van der Waals surface area contributed by atoms with Crippen molar-refractivity contribution >= 4 is 11.6 Å². The van der Waals surface area contributed by atoms with Crippen molar-refractivity contribution in [1.29, 1.82) is 0 Å². The van der Waals surface area contributed by atoms with E-state index in [0.717, 1.165) is 0 Å². The van der Waals surface area contributed by atoms with Gasteiger partial charge in [0, 0.05) is 11.8 Å². The van der Waals surface area contributed by atoms with Crippen LogP contribution in [0.5, 0.6) is 5.75 Å². The predicted octanol–water partition coefficient (Wildman–Crippen LogP) is 2.48. The van der Waals surface area contributed by atoms with E-state index < -0.39 is 11.9 Å². The van der Waals surface area contributed by atoms with Gasteiger partial charge in [-0.1, -0.05) is 12.1 Å². The van der Waals surface area contributed by atoms with Crippen LogP contribution < -0.4 is 10.1 Å². The lowest BCUT2D eigenvalue weighted by atomic mass is 10.2. The molecule has 1 heterocycles. The predicted molar refractivity (Wildman–Crippen MR) is 65.1 cm³/mol. The number of nitrogens with one attached hydrogen (secondary N) is 1. The van der Waals surface area contributed by atoms with Gasteiger partial charge in [-0.25, -0.2) is 4.98 Å². The van der Waals surface area contributed by atoms with Crippen LogP contribution in [0.25, 0.3) is 0 Å². The first-order valence-corrected chi connectivity index (χ1v) is 5.27. The molecule has 0 atom stereocenters. The molecule has 1 aromatic heterocycles. The lowest BCUT2D eigenvalue weighted by molar-refractivity contribution is 0.102. The Hall–Kier alpha value is -2.43. The Morgan fingerprint density at radius 1 is 1.28 bits per heavy atom. The molecule has 0 aliphatic heterocycles. The van der Waals surface area contributed by atoms with E-state index in [4.69, 9.17) is 4.74 Å². The number of nitrogens with zero attached hydrogens (tertiary/aromatic N) is 1. The van der Waals surface area contributed by atoms with Crippen molar-refractivity contribution in [3.05, 3.63) is 54.1 Å². The molecule has 18 heavy (non-hydrogen) atoms. The molecule has 2 rings (SSSR count). The fraction of sp³-hybridized carbons (Fsp3) is 0.0769. The van der Waals surface area contributed by atoms with Gasteiger partial charge in [0.2, 0.25) is 5.95 Å². The summed E-state index contributed by atoms with van der Waals surface area (Å²) in [6.45, 7) is 0. The summed E-state index contributed by atoms with van der Waals surface area (Å²) in [4.78, 5) is 15.3. The Balaban J connectivity index is 2.16. The molecule has 0 spiro atoms. The van der Waals surface area contributed by atoms with Gasteiger partial charge >= 0.3 is 0 Å². The molecule has 0 radical (unpaired) electrons. The summed E-state index contributed by atoms with van der Waals surface area (Å²) in [6, 6.07) is 10.9.